The van der Waals surface area contributed by atoms with Gasteiger partial charge in [-0.2, -0.15) is 0 Å². The number of amides is 1. The molecule has 0 radical (unpaired) electrons. The number of rotatable bonds is 5. The number of amidine groups is 1. The van der Waals surface area contributed by atoms with Gasteiger partial charge in [-0.25, -0.2) is 14.2 Å². The second-order valence-electron chi connectivity index (χ2n) is 6.73. The molecule has 1 N–H and O–H groups in total. The molecule has 1 aliphatic rings. The summed E-state index contributed by atoms with van der Waals surface area (Å²) in [7, 11) is 0. The van der Waals surface area contributed by atoms with E-state index < -0.39 is 5.97 Å². The zero-order valence-corrected chi connectivity index (χ0v) is 18.3. The summed E-state index contributed by atoms with van der Waals surface area (Å²) >= 11 is 7.12. The summed E-state index contributed by atoms with van der Waals surface area (Å²) in [5.41, 5.74) is 1.07. The van der Waals surface area contributed by atoms with Crippen molar-refractivity contribution in [2.24, 2.45) is 4.99 Å². The molecular weight excluding hydrogens is 455 g/mol. The Balaban J connectivity index is 1.61. The zero-order valence-electron chi connectivity index (χ0n) is 16.7. The molecule has 162 valence electrons. The number of nitrogens with zero attached hydrogens (tertiary/aromatic N) is 2. The fraction of sp³-hybridized carbons (Fsp3) is 0.0870. The predicted octanol–water partition coefficient (Wildman–Crippen LogP) is 6.06. The number of hydrogen-bond donors (Lipinski definition) is 1. The molecule has 1 amide bonds. The molecule has 1 fully saturated rings. The van der Waals surface area contributed by atoms with Gasteiger partial charge in [0.25, 0.3) is 5.91 Å². The molecule has 2 heterocycles. The van der Waals surface area contributed by atoms with E-state index in [-0.39, 0.29) is 22.3 Å². The van der Waals surface area contributed by atoms with Crippen LogP contribution in [-0.2, 0) is 4.79 Å². The molecule has 0 unspecified atom stereocenters. The van der Waals surface area contributed by atoms with Crippen LogP contribution in [0, 0.1) is 5.82 Å². The van der Waals surface area contributed by atoms with Crippen LogP contribution in [0.3, 0.4) is 0 Å². The van der Waals surface area contributed by atoms with Crippen molar-refractivity contribution in [2.45, 2.75) is 6.92 Å². The van der Waals surface area contributed by atoms with E-state index in [4.69, 9.17) is 16.0 Å². The van der Waals surface area contributed by atoms with Crippen LogP contribution in [-0.4, -0.2) is 33.6 Å². The number of benzene rings is 2. The van der Waals surface area contributed by atoms with Gasteiger partial charge in [0.1, 0.15) is 17.3 Å². The summed E-state index contributed by atoms with van der Waals surface area (Å²) in [5, 5.41) is 9.88. The topological polar surface area (TPSA) is 83.1 Å². The Morgan fingerprint density at radius 2 is 1.97 bits per heavy atom. The molecule has 0 atom stereocenters. The number of thioether (sulfide) groups is 1. The third-order valence-corrected chi connectivity index (χ3v) is 5.97. The van der Waals surface area contributed by atoms with Crippen molar-refractivity contribution in [3.8, 4) is 11.3 Å². The molecule has 0 aliphatic carbocycles. The molecule has 32 heavy (non-hydrogen) atoms. The summed E-state index contributed by atoms with van der Waals surface area (Å²) in [4.78, 5) is 30.5. The monoisotopic (exact) mass is 470 g/mol. The quantitative estimate of drug-likeness (QED) is 0.458. The Morgan fingerprint density at radius 3 is 2.66 bits per heavy atom. The van der Waals surface area contributed by atoms with E-state index in [0.717, 1.165) is 0 Å². The lowest BCUT2D eigenvalue weighted by Gasteiger charge is -2.11. The molecule has 1 aromatic heterocycles. The highest BCUT2D eigenvalue weighted by Crippen LogP contribution is 2.35. The molecule has 1 saturated heterocycles. The number of furan rings is 1. The van der Waals surface area contributed by atoms with Crippen LogP contribution in [0.5, 0.6) is 0 Å². The molecular formula is C23H16ClFN2O4S. The Bertz CT molecular complexity index is 1270. The minimum Gasteiger partial charge on any atom is -0.478 e. The number of carboxylic acids is 1. The van der Waals surface area contributed by atoms with Gasteiger partial charge in [-0.15, -0.1) is 0 Å². The first-order valence-electron chi connectivity index (χ1n) is 9.54. The Labute approximate surface area is 192 Å². The SMILES string of the molecule is CCN1C(=O)/C(=C/c2ccc(-c3ccc(Cl)c(C(=O)O)c3)o2)SC1=Nc1ccc(F)cc1. The predicted molar refractivity (Wildman–Crippen MR) is 123 cm³/mol. The number of carbonyl (C=O) groups excluding carboxylic acids is 1. The van der Waals surface area contributed by atoms with Gasteiger partial charge in [-0.3, -0.25) is 9.69 Å². The molecule has 0 saturated carbocycles. The molecule has 4 rings (SSSR count). The largest absolute Gasteiger partial charge is 0.478 e. The van der Waals surface area contributed by atoms with Gasteiger partial charge in [0.2, 0.25) is 0 Å². The average Bonchev–Trinajstić information content (AvgIpc) is 3.34. The average molecular weight is 471 g/mol. The first-order chi connectivity index (χ1) is 15.4. The van der Waals surface area contributed by atoms with Crippen molar-refractivity contribution in [1.29, 1.82) is 0 Å². The fourth-order valence-corrected chi connectivity index (χ4v) is 4.29. The van der Waals surface area contributed by atoms with E-state index in [0.29, 0.717) is 39.4 Å². The first kappa shape index (κ1) is 21.9. The van der Waals surface area contributed by atoms with E-state index in [1.54, 1.807) is 36.4 Å². The van der Waals surface area contributed by atoms with Crippen molar-refractivity contribution in [1.82, 2.24) is 4.90 Å². The second kappa shape index (κ2) is 9.02. The summed E-state index contributed by atoms with van der Waals surface area (Å²) in [6, 6.07) is 13.7. The van der Waals surface area contributed by atoms with E-state index >= 15 is 0 Å². The lowest BCUT2D eigenvalue weighted by molar-refractivity contribution is -0.122. The van der Waals surface area contributed by atoms with Crippen molar-refractivity contribution < 1.29 is 23.5 Å². The summed E-state index contributed by atoms with van der Waals surface area (Å²) in [5.74, 6) is -0.829. The highest BCUT2D eigenvalue weighted by molar-refractivity contribution is 8.18. The molecule has 9 heteroatoms. The van der Waals surface area contributed by atoms with Crippen LogP contribution in [0.1, 0.15) is 23.0 Å². The van der Waals surface area contributed by atoms with Crippen LogP contribution in [0.4, 0.5) is 10.1 Å². The molecule has 1 aliphatic heterocycles. The van der Waals surface area contributed by atoms with Crippen LogP contribution in [0.15, 0.2) is 68.9 Å². The molecule has 0 bridgehead atoms. The molecule has 2 aromatic carbocycles. The van der Waals surface area contributed by atoms with Crippen molar-refractivity contribution in [3.05, 3.63) is 81.7 Å². The van der Waals surface area contributed by atoms with Gasteiger partial charge >= 0.3 is 5.97 Å². The number of aromatic carboxylic acids is 1. The number of aliphatic imine (C=N–C) groups is 1. The third-order valence-electron chi connectivity index (χ3n) is 4.64. The number of likely N-dealkylation sites (N-methyl/N-ethyl adjacent to an activating group) is 1. The standard InChI is InChI=1S/C23H16ClFN2O4S/c1-2-27-21(28)20(32-23(27)26-15-6-4-14(25)5-7-15)12-16-8-10-19(31-16)13-3-9-18(24)17(11-13)22(29)30/h3-12H,2H2,1H3,(H,29,30)/b20-12-,26-23?. The first-order valence-corrected chi connectivity index (χ1v) is 10.7. The van der Waals surface area contributed by atoms with E-state index in [2.05, 4.69) is 4.99 Å². The van der Waals surface area contributed by atoms with E-state index in [9.17, 15) is 19.1 Å². The number of hydrogen-bond acceptors (Lipinski definition) is 5. The second-order valence-corrected chi connectivity index (χ2v) is 8.15. The van der Waals surface area contributed by atoms with Gasteiger partial charge in [-0.05, 0) is 73.3 Å². The highest BCUT2D eigenvalue weighted by atomic mass is 35.5. The van der Waals surface area contributed by atoms with E-state index in [1.807, 2.05) is 6.92 Å². The Hall–Kier alpha value is -3.36. The molecule has 3 aromatic rings. The van der Waals surface area contributed by atoms with Gasteiger partial charge in [0.15, 0.2) is 5.17 Å². The van der Waals surface area contributed by atoms with Crippen LogP contribution < -0.4 is 0 Å². The maximum absolute atomic E-state index is 13.1. The Kier molecular flexibility index (Phi) is 6.16. The number of carbonyl (C=O) groups is 2. The fourth-order valence-electron chi connectivity index (χ4n) is 3.05. The van der Waals surface area contributed by atoms with Gasteiger partial charge < -0.3 is 9.52 Å². The maximum atomic E-state index is 13.1. The third kappa shape index (κ3) is 4.46. The number of halogens is 2. The Morgan fingerprint density at radius 1 is 1.22 bits per heavy atom. The van der Waals surface area contributed by atoms with Gasteiger partial charge in [0, 0.05) is 18.2 Å². The zero-order chi connectivity index (χ0) is 22.8. The van der Waals surface area contributed by atoms with Gasteiger partial charge in [0.05, 0.1) is 21.2 Å². The molecule has 0 spiro atoms. The normalized spacial score (nSPS) is 16.3. The molecule has 6 nitrogen and oxygen atoms in total. The summed E-state index contributed by atoms with van der Waals surface area (Å²) < 4.78 is 19.0. The van der Waals surface area contributed by atoms with Crippen LogP contribution in [0.2, 0.25) is 5.02 Å². The maximum Gasteiger partial charge on any atom is 0.337 e. The van der Waals surface area contributed by atoms with Crippen molar-refractivity contribution in [3.63, 3.8) is 0 Å². The smallest absolute Gasteiger partial charge is 0.337 e. The minimum absolute atomic E-state index is 0.0257. The number of carboxylic acid groups (broad SMARTS) is 1. The summed E-state index contributed by atoms with van der Waals surface area (Å²) in [6.45, 7) is 2.27. The van der Waals surface area contributed by atoms with Crippen molar-refractivity contribution >= 4 is 52.2 Å². The minimum atomic E-state index is -1.13. The van der Waals surface area contributed by atoms with Crippen LogP contribution in [0.25, 0.3) is 17.4 Å². The van der Waals surface area contributed by atoms with E-state index in [1.165, 1.54) is 40.9 Å². The van der Waals surface area contributed by atoms with Crippen molar-refractivity contribution in [2.75, 3.05) is 6.54 Å². The highest BCUT2D eigenvalue weighted by Gasteiger charge is 2.32. The van der Waals surface area contributed by atoms with Gasteiger partial charge in [-0.1, -0.05) is 11.6 Å². The lowest BCUT2D eigenvalue weighted by Crippen LogP contribution is -2.28. The summed E-state index contributed by atoms with van der Waals surface area (Å²) in [6.07, 6.45) is 1.61. The lowest BCUT2D eigenvalue weighted by atomic mass is 10.1. The van der Waals surface area contributed by atoms with Crippen LogP contribution >= 0.6 is 23.4 Å².